The number of nitrogens with two attached hydrogens (primary N) is 1. The van der Waals surface area contributed by atoms with Crippen molar-refractivity contribution in [2.45, 2.75) is 9.79 Å². The zero-order valence-corrected chi connectivity index (χ0v) is 9.89. The summed E-state index contributed by atoms with van der Waals surface area (Å²) in [6.45, 7) is 0. The zero-order valence-electron chi connectivity index (χ0n) is 8.26. The molecule has 0 spiro atoms. The van der Waals surface area contributed by atoms with E-state index in [4.69, 9.17) is 5.73 Å². The van der Waals surface area contributed by atoms with Crippen molar-refractivity contribution in [3.05, 3.63) is 18.2 Å². The highest BCUT2D eigenvalue weighted by molar-refractivity contribution is 7.91. The summed E-state index contributed by atoms with van der Waals surface area (Å²) in [5.74, 6) is 0. The molecule has 15 heavy (non-hydrogen) atoms. The summed E-state index contributed by atoms with van der Waals surface area (Å²) >= 11 is 0. The molecule has 0 atom stereocenters. The summed E-state index contributed by atoms with van der Waals surface area (Å²) in [5, 5.41) is 0. The van der Waals surface area contributed by atoms with Crippen LogP contribution in [0.25, 0.3) is 0 Å². The molecule has 0 aliphatic rings. The van der Waals surface area contributed by atoms with E-state index in [1.165, 1.54) is 18.2 Å². The summed E-state index contributed by atoms with van der Waals surface area (Å²) in [5.41, 5.74) is 5.28. The number of anilines is 1. The molecule has 0 saturated heterocycles. The standard InChI is InChI=1S/C8H11NO4S2/c1-14(10,11)6-4-3-5-7(8(6)9)15(2,12)13/h3-5H,9H2,1-2H3. The van der Waals surface area contributed by atoms with Crippen molar-refractivity contribution in [3.8, 4) is 0 Å². The Morgan fingerprint density at radius 1 is 0.933 bits per heavy atom. The number of sulfone groups is 2. The summed E-state index contributed by atoms with van der Waals surface area (Å²) < 4.78 is 45.0. The number of para-hydroxylation sites is 1. The number of hydrogen-bond acceptors (Lipinski definition) is 5. The SMILES string of the molecule is CS(=O)(=O)c1cccc(S(C)(=O)=O)c1N. The second-order valence-corrected chi connectivity index (χ2v) is 7.18. The molecule has 0 bridgehead atoms. The van der Waals surface area contributed by atoms with Crippen LogP contribution < -0.4 is 5.73 Å². The molecule has 0 fully saturated rings. The molecule has 0 aliphatic carbocycles. The van der Waals surface area contributed by atoms with Gasteiger partial charge in [0.25, 0.3) is 0 Å². The number of rotatable bonds is 2. The second-order valence-electron chi connectivity index (χ2n) is 3.21. The molecule has 1 rings (SSSR count). The van der Waals surface area contributed by atoms with Crippen molar-refractivity contribution >= 4 is 25.4 Å². The van der Waals surface area contributed by atoms with Crippen molar-refractivity contribution in [1.82, 2.24) is 0 Å². The molecule has 84 valence electrons. The monoisotopic (exact) mass is 249 g/mol. The molecule has 5 nitrogen and oxygen atoms in total. The van der Waals surface area contributed by atoms with Crippen molar-refractivity contribution < 1.29 is 16.8 Å². The van der Waals surface area contributed by atoms with E-state index in [-0.39, 0.29) is 15.5 Å². The molecule has 0 amide bonds. The zero-order chi connectivity index (χ0) is 11.9. The smallest absolute Gasteiger partial charge is 0.177 e. The topological polar surface area (TPSA) is 94.3 Å². The van der Waals surface area contributed by atoms with Crippen LogP contribution >= 0.6 is 0 Å². The van der Waals surface area contributed by atoms with E-state index in [1.807, 2.05) is 0 Å². The van der Waals surface area contributed by atoms with Gasteiger partial charge in [-0.15, -0.1) is 0 Å². The Labute approximate surface area is 88.8 Å². The van der Waals surface area contributed by atoms with E-state index in [1.54, 1.807) is 0 Å². The van der Waals surface area contributed by atoms with E-state index < -0.39 is 19.7 Å². The van der Waals surface area contributed by atoms with E-state index in [2.05, 4.69) is 0 Å². The van der Waals surface area contributed by atoms with E-state index in [9.17, 15) is 16.8 Å². The fraction of sp³-hybridized carbons (Fsp3) is 0.250. The van der Waals surface area contributed by atoms with Crippen molar-refractivity contribution in [2.75, 3.05) is 18.2 Å². The Hall–Kier alpha value is -1.08. The molecule has 0 saturated carbocycles. The fourth-order valence-corrected chi connectivity index (χ4v) is 2.91. The van der Waals surface area contributed by atoms with Gasteiger partial charge in [0.15, 0.2) is 19.7 Å². The van der Waals surface area contributed by atoms with Gasteiger partial charge in [0.1, 0.15) is 0 Å². The minimum Gasteiger partial charge on any atom is -0.397 e. The molecule has 0 heterocycles. The number of hydrogen-bond donors (Lipinski definition) is 1. The first-order valence-corrected chi connectivity index (χ1v) is 7.71. The van der Waals surface area contributed by atoms with Crippen molar-refractivity contribution in [3.63, 3.8) is 0 Å². The van der Waals surface area contributed by atoms with Gasteiger partial charge in [0.2, 0.25) is 0 Å². The van der Waals surface area contributed by atoms with E-state index in [0.717, 1.165) is 12.5 Å². The van der Waals surface area contributed by atoms with Gasteiger partial charge in [0.05, 0.1) is 15.5 Å². The lowest BCUT2D eigenvalue weighted by atomic mass is 10.3. The first-order chi connectivity index (χ1) is 6.64. The molecule has 1 aromatic carbocycles. The van der Waals surface area contributed by atoms with Crippen LogP contribution in [-0.4, -0.2) is 29.3 Å². The molecule has 0 radical (unpaired) electrons. The van der Waals surface area contributed by atoms with Crippen LogP contribution in [0, 0.1) is 0 Å². The summed E-state index contributed by atoms with van der Waals surface area (Å²) in [4.78, 5) is -0.323. The Balaban J connectivity index is 3.65. The average molecular weight is 249 g/mol. The van der Waals surface area contributed by atoms with Crippen LogP contribution in [0.15, 0.2) is 28.0 Å². The third kappa shape index (κ3) is 2.48. The normalized spacial score (nSPS) is 12.7. The first-order valence-electron chi connectivity index (χ1n) is 3.92. The predicted octanol–water partition coefficient (Wildman–Crippen LogP) is 0.0758. The van der Waals surface area contributed by atoms with Crippen molar-refractivity contribution in [1.29, 1.82) is 0 Å². The van der Waals surface area contributed by atoms with E-state index in [0.29, 0.717) is 0 Å². The largest absolute Gasteiger partial charge is 0.397 e. The van der Waals surface area contributed by atoms with E-state index >= 15 is 0 Å². The summed E-state index contributed by atoms with van der Waals surface area (Å²) in [7, 11) is -7.01. The molecule has 0 aromatic heterocycles. The third-order valence-corrected chi connectivity index (χ3v) is 4.13. The molecule has 0 aliphatic heterocycles. The van der Waals surface area contributed by atoms with Gasteiger partial charge in [-0.1, -0.05) is 6.07 Å². The van der Waals surface area contributed by atoms with Gasteiger partial charge >= 0.3 is 0 Å². The van der Waals surface area contributed by atoms with Crippen LogP contribution in [-0.2, 0) is 19.7 Å². The van der Waals surface area contributed by atoms with Crippen LogP contribution in [0.2, 0.25) is 0 Å². The van der Waals surface area contributed by atoms with Crippen LogP contribution in [0.5, 0.6) is 0 Å². The lowest BCUT2D eigenvalue weighted by Crippen LogP contribution is -2.08. The van der Waals surface area contributed by atoms with Gasteiger partial charge < -0.3 is 5.73 Å². The Morgan fingerprint density at radius 3 is 1.53 bits per heavy atom. The molecule has 2 N–H and O–H groups in total. The third-order valence-electron chi connectivity index (χ3n) is 1.83. The molecular formula is C8H11NO4S2. The average Bonchev–Trinajstić information content (AvgIpc) is 1.99. The summed E-state index contributed by atoms with van der Waals surface area (Å²) in [6.07, 6.45) is 1.95. The van der Waals surface area contributed by atoms with Crippen LogP contribution in [0.1, 0.15) is 0 Å². The first kappa shape index (κ1) is 12.0. The lowest BCUT2D eigenvalue weighted by Gasteiger charge is -2.07. The number of benzene rings is 1. The predicted molar refractivity (Wildman–Crippen MR) is 57.1 cm³/mol. The van der Waals surface area contributed by atoms with Crippen molar-refractivity contribution in [2.24, 2.45) is 0 Å². The van der Waals surface area contributed by atoms with Gasteiger partial charge in [-0.25, -0.2) is 16.8 Å². The Kier molecular flexibility index (Phi) is 2.79. The lowest BCUT2D eigenvalue weighted by molar-refractivity contribution is 0.601. The highest BCUT2D eigenvalue weighted by Crippen LogP contribution is 2.25. The maximum Gasteiger partial charge on any atom is 0.177 e. The van der Waals surface area contributed by atoms with Crippen LogP contribution in [0.4, 0.5) is 5.69 Å². The quantitative estimate of drug-likeness (QED) is 0.749. The highest BCUT2D eigenvalue weighted by atomic mass is 32.2. The maximum absolute atomic E-state index is 11.3. The second kappa shape index (κ2) is 3.49. The fourth-order valence-electron chi connectivity index (χ4n) is 1.17. The van der Waals surface area contributed by atoms with Gasteiger partial charge in [0, 0.05) is 12.5 Å². The molecular weight excluding hydrogens is 238 g/mol. The highest BCUT2D eigenvalue weighted by Gasteiger charge is 2.18. The minimum atomic E-state index is -3.51. The van der Waals surface area contributed by atoms with Gasteiger partial charge in [-0.3, -0.25) is 0 Å². The molecule has 0 unspecified atom stereocenters. The Morgan fingerprint density at radius 2 is 1.27 bits per heavy atom. The summed E-state index contributed by atoms with van der Waals surface area (Å²) in [6, 6.07) is 3.90. The van der Waals surface area contributed by atoms with Crippen LogP contribution in [0.3, 0.4) is 0 Å². The van der Waals surface area contributed by atoms with Gasteiger partial charge in [-0.2, -0.15) is 0 Å². The number of nitrogen functional groups attached to an aromatic ring is 1. The molecule has 1 aromatic rings. The molecule has 7 heteroatoms. The maximum atomic E-state index is 11.3. The minimum absolute atomic E-state index is 0.162. The Bertz CT molecular complexity index is 537. The van der Waals surface area contributed by atoms with Gasteiger partial charge in [-0.05, 0) is 12.1 Å².